The van der Waals surface area contributed by atoms with Crippen molar-refractivity contribution in [2.45, 2.75) is 0 Å². The Morgan fingerprint density at radius 1 is 1.09 bits per heavy atom. The second-order valence-corrected chi connectivity index (χ2v) is 4.67. The highest BCUT2D eigenvalue weighted by atomic mass is 16.7. The number of hydrogen-bond donors (Lipinski definition) is 4. The Morgan fingerprint density at radius 2 is 1.78 bits per heavy atom. The predicted octanol–water partition coefficient (Wildman–Crippen LogP) is 1.30. The van der Waals surface area contributed by atoms with Crippen molar-refractivity contribution in [2.75, 3.05) is 6.79 Å². The maximum Gasteiger partial charge on any atom is 0.271 e. The fraction of sp³-hybridized carbons (Fsp3) is 0.0667. The van der Waals surface area contributed by atoms with Crippen LogP contribution in [-0.4, -0.2) is 34.2 Å². The molecule has 1 aliphatic rings. The van der Waals surface area contributed by atoms with E-state index in [2.05, 4.69) is 10.5 Å². The Bertz CT molecular complexity index is 780. The van der Waals surface area contributed by atoms with Crippen molar-refractivity contribution >= 4 is 12.1 Å². The Morgan fingerprint density at radius 3 is 2.52 bits per heavy atom. The molecule has 0 saturated heterocycles. The zero-order chi connectivity index (χ0) is 16.4. The van der Waals surface area contributed by atoms with Crippen LogP contribution in [-0.2, 0) is 0 Å². The minimum absolute atomic E-state index is 0.0550. The molecule has 0 unspecified atom stereocenters. The van der Waals surface area contributed by atoms with Gasteiger partial charge in [-0.05, 0) is 35.9 Å². The lowest BCUT2D eigenvalue weighted by Gasteiger charge is -2.04. The summed E-state index contributed by atoms with van der Waals surface area (Å²) in [5.74, 6) is -1.32. The molecule has 0 atom stereocenters. The molecule has 8 nitrogen and oxygen atoms in total. The summed E-state index contributed by atoms with van der Waals surface area (Å²) in [7, 11) is 0. The van der Waals surface area contributed by atoms with Crippen LogP contribution in [0.25, 0.3) is 0 Å². The van der Waals surface area contributed by atoms with Gasteiger partial charge in [-0.25, -0.2) is 5.43 Å². The minimum atomic E-state index is -0.689. The van der Waals surface area contributed by atoms with Gasteiger partial charge in [0.1, 0.15) is 0 Å². The van der Waals surface area contributed by atoms with Crippen LogP contribution in [0.3, 0.4) is 0 Å². The summed E-state index contributed by atoms with van der Waals surface area (Å²) in [6.07, 6.45) is 1.40. The van der Waals surface area contributed by atoms with E-state index in [9.17, 15) is 20.1 Å². The van der Waals surface area contributed by atoms with Gasteiger partial charge in [-0.3, -0.25) is 4.79 Å². The third kappa shape index (κ3) is 2.95. The van der Waals surface area contributed by atoms with Crippen LogP contribution in [0.2, 0.25) is 0 Å². The number of amides is 1. The van der Waals surface area contributed by atoms with E-state index < -0.39 is 23.2 Å². The Balaban J connectivity index is 1.69. The topological polar surface area (TPSA) is 121 Å². The molecular formula is C15H12N2O6. The van der Waals surface area contributed by atoms with Crippen LogP contribution < -0.4 is 14.9 Å². The van der Waals surface area contributed by atoms with E-state index >= 15 is 0 Å². The molecule has 118 valence electrons. The number of ether oxygens (including phenoxy) is 2. The minimum Gasteiger partial charge on any atom is -0.504 e. The van der Waals surface area contributed by atoms with Crippen LogP contribution in [0.4, 0.5) is 0 Å². The van der Waals surface area contributed by atoms with Crippen LogP contribution in [0.1, 0.15) is 15.9 Å². The van der Waals surface area contributed by atoms with Crippen molar-refractivity contribution in [3.05, 3.63) is 41.5 Å². The highest BCUT2D eigenvalue weighted by Gasteiger charge is 2.14. The average molecular weight is 316 g/mol. The predicted molar refractivity (Wildman–Crippen MR) is 79.1 cm³/mol. The van der Waals surface area contributed by atoms with Gasteiger partial charge in [-0.2, -0.15) is 5.10 Å². The fourth-order valence-corrected chi connectivity index (χ4v) is 1.96. The number of nitrogens with one attached hydrogen (secondary N) is 1. The summed E-state index contributed by atoms with van der Waals surface area (Å²) in [6.45, 7) is 0.167. The summed E-state index contributed by atoms with van der Waals surface area (Å²) >= 11 is 0. The number of carbonyl (C=O) groups is 1. The number of hydrogen-bond acceptors (Lipinski definition) is 7. The van der Waals surface area contributed by atoms with Gasteiger partial charge in [-0.1, -0.05) is 0 Å². The molecule has 4 N–H and O–H groups in total. The Labute approximate surface area is 130 Å². The summed E-state index contributed by atoms with van der Waals surface area (Å²) in [5.41, 5.74) is 2.87. The zero-order valence-electron chi connectivity index (χ0n) is 11.7. The molecule has 0 saturated carbocycles. The van der Waals surface area contributed by atoms with E-state index in [0.29, 0.717) is 17.1 Å². The second kappa shape index (κ2) is 5.76. The second-order valence-electron chi connectivity index (χ2n) is 4.67. The van der Waals surface area contributed by atoms with Crippen molar-refractivity contribution in [2.24, 2.45) is 5.10 Å². The standard InChI is InChI=1S/C15H12N2O6/c18-10-4-9(5-11(19)14(10)20)15(21)17-16-6-8-1-2-12-13(3-8)23-7-22-12/h1-6,18-20H,7H2,(H,17,21)/b16-6+. The van der Waals surface area contributed by atoms with Gasteiger partial charge in [0, 0.05) is 5.56 Å². The number of rotatable bonds is 3. The van der Waals surface area contributed by atoms with E-state index in [4.69, 9.17) is 9.47 Å². The quantitative estimate of drug-likeness (QED) is 0.385. The molecule has 2 aromatic rings. The number of aromatic hydroxyl groups is 3. The van der Waals surface area contributed by atoms with Gasteiger partial charge in [0.25, 0.3) is 5.91 Å². The lowest BCUT2D eigenvalue weighted by atomic mass is 10.2. The Kier molecular flexibility index (Phi) is 3.63. The normalized spacial score (nSPS) is 12.5. The molecule has 8 heteroatoms. The third-order valence-electron chi connectivity index (χ3n) is 3.11. The molecule has 0 bridgehead atoms. The van der Waals surface area contributed by atoms with E-state index in [1.807, 2.05) is 0 Å². The highest BCUT2D eigenvalue weighted by molar-refractivity contribution is 5.96. The van der Waals surface area contributed by atoms with Gasteiger partial charge in [0.15, 0.2) is 28.7 Å². The molecule has 0 fully saturated rings. The first-order valence-corrected chi connectivity index (χ1v) is 6.52. The molecule has 0 aromatic heterocycles. The van der Waals surface area contributed by atoms with Crippen molar-refractivity contribution in [3.8, 4) is 28.7 Å². The van der Waals surface area contributed by atoms with E-state index in [0.717, 1.165) is 12.1 Å². The number of benzene rings is 2. The van der Waals surface area contributed by atoms with E-state index in [1.54, 1.807) is 18.2 Å². The molecular weight excluding hydrogens is 304 g/mol. The summed E-state index contributed by atoms with van der Waals surface area (Å²) < 4.78 is 10.4. The number of nitrogens with zero attached hydrogens (tertiary/aromatic N) is 1. The highest BCUT2D eigenvalue weighted by Crippen LogP contribution is 2.35. The molecule has 0 aliphatic carbocycles. The van der Waals surface area contributed by atoms with Gasteiger partial charge in [0.05, 0.1) is 6.21 Å². The maximum absolute atomic E-state index is 11.9. The monoisotopic (exact) mass is 316 g/mol. The Hall–Kier alpha value is -3.42. The third-order valence-corrected chi connectivity index (χ3v) is 3.11. The van der Waals surface area contributed by atoms with Crippen molar-refractivity contribution in [1.29, 1.82) is 0 Å². The summed E-state index contributed by atoms with van der Waals surface area (Å²) in [5, 5.41) is 31.7. The maximum atomic E-state index is 11.9. The summed E-state index contributed by atoms with van der Waals surface area (Å²) in [6, 6.07) is 7.19. The first kappa shape index (κ1) is 14.5. The SMILES string of the molecule is O=C(N/N=C/c1ccc2c(c1)OCO2)c1cc(O)c(O)c(O)c1. The van der Waals surface area contributed by atoms with Crippen molar-refractivity contribution in [3.63, 3.8) is 0 Å². The lowest BCUT2D eigenvalue weighted by Crippen LogP contribution is -2.17. The smallest absolute Gasteiger partial charge is 0.271 e. The molecule has 3 rings (SSSR count). The molecule has 1 heterocycles. The number of fused-ring (bicyclic) bond motifs is 1. The largest absolute Gasteiger partial charge is 0.504 e. The number of phenolic OH excluding ortho intramolecular Hbond substituents is 3. The van der Waals surface area contributed by atoms with Gasteiger partial charge in [0.2, 0.25) is 6.79 Å². The van der Waals surface area contributed by atoms with Crippen molar-refractivity contribution in [1.82, 2.24) is 5.43 Å². The van der Waals surface area contributed by atoms with Crippen LogP contribution in [0.15, 0.2) is 35.4 Å². The van der Waals surface area contributed by atoms with Crippen LogP contribution in [0, 0.1) is 0 Å². The number of carbonyl (C=O) groups excluding carboxylic acids is 1. The molecule has 2 aromatic carbocycles. The zero-order valence-corrected chi connectivity index (χ0v) is 11.7. The first-order valence-electron chi connectivity index (χ1n) is 6.52. The number of hydrazone groups is 1. The lowest BCUT2D eigenvalue weighted by molar-refractivity contribution is 0.0954. The number of phenols is 3. The summed E-state index contributed by atoms with van der Waals surface area (Å²) in [4.78, 5) is 11.9. The van der Waals surface area contributed by atoms with Crippen LogP contribution >= 0.6 is 0 Å². The van der Waals surface area contributed by atoms with Gasteiger partial charge >= 0.3 is 0 Å². The van der Waals surface area contributed by atoms with Gasteiger partial charge in [-0.15, -0.1) is 0 Å². The molecule has 1 amide bonds. The fourth-order valence-electron chi connectivity index (χ4n) is 1.96. The molecule has 23 heavy (non-hydrogen) atoms. The molecule has 0 spiro atoms. The molecule has 0 radical (unpaired) electrons. The first-order chi connectivity index (χ1) is 11.0. The van der Waals surface area contributed by atoms with Gasteiger partial charge < -0.3 is 24.8 Å². The van der Waals surface area contributed by atoms with Crippen molar-refractivity contribution < 1.29 is 29.6 Å². The van der Waals surface area contributed by atoms with E-state index in [-0.39, 0.29) is 12.4 Å². The average Bonchev–Trinajstić information content (AvgIpc) is 2.99. The van der Waals surface area contributed by atoms with E-state index in [1.165, 1.54) is 6.21 Å². The molecule has 1 aliphatic heterocycles. The van der Waals surface area contributed by atoms with Crippen LogP contribution in [0.5, 0.6) is 28.7 Å².